The van der Waals surface area contributed by atoms with E-state index in [2.05, 4.69) is 10.6 Å². The fraction of sp³-hybridized carbons (Fsp3) is 0.615. The molecule has 1 heterocycles. The maximum absolute atomic E-state index is 11.2. The second kappa shape index (κ2) is 6.61. The first-order chi connectivity index (χ1) is 7.63. The third kappa shape index (κ3) is 3.91. The summed E-state index contributed by atoms with van der Waals surface area (Å²) < 4.78 is 0. The first-order valence-electron chi connectivity index (χ1n) is 5.92. The lowest BCUT2D eigenvalue weighted by Crippen LogP contribution is -2.39. The highest BCUT2D eigenvalue weighted by Crippen LogP contribution is 2.19. The number of hydrogen-bond donors (Lipinski definition) is 2. The molecule has 1 fully saturated rings. The van der Waals surface area contributed by atoms with E-state index < -0.39 is 0 Å². The van der Waals surface area contributed by atoms with E-state index in [-0.39, 0.29) is 5.78 Å². The predicted molar refractivity (Wildman–Crippen MR) is 67.5 cm³/mol. The van der Waals surface area contributed by atoms with Crippen molar-refractivity contribution >= 4 is 5.78 Å². The van der Waals surface area contributed by atoms with Crippen LogP contribution in [0.1, 0.15) is 27.2 Å². The van der Waals surface area contributed by atoms with Gasteiger partial charge in [0, 0.05) is 26.2 Å². The lowest BCUT2D eigenvalue weighted by molar-refractivity contribution is -0.112. The third-order valence-electron chi connectivity index (χ3n) is 3.01. The van der Waals surface area contributed by atoms with Crippen LogP contribution in [-0.2, 0) is 4.79 Å². The van der Waals surface area contributed by atoms with Crippen molar-refractivity contribution in [2.45, 2.75) is 27.2 Å². The monoisotopic (exact) mass is 222 g/mol. The summed E-state index contributed by atoms with van der Waals surface area (Å²) in [7, 11) is 0. The molecule has 16 heavy (non-hydrogen) atoms. The van der Waals surface area contributed by atoms with Gasteiger partial charge >= 0.3 is 0 Å². The van der Waals surface area contributed by atoms with Crippen LogP contribution in [0.3, 0.4) is 0 Å². The molecule has 0 radical (unpaired) electrons. The van der Waals surface area contributed by atoms with Gasteiger partial charge in [-0.3, -0.25) is 4.79 Å². The van der Waals surface area contributed by atoms with E-state index in [4.69, 9.17) is 0 Å². The largest absolute Gasteiger partial charge is 0.314 e. The fourth-order valence-electron chi connectivity index (χ4n) is 1.65. The Bertz CT molecular complexity index is 300. The van der Waals surface area contributed by atoms with Gasteiger partial charge in [-0.2, -0.15) is 0 Å². The van der Waals surface area contributed by atoms with Crippen molar-refractivity contribution in [1.29, 1.82) is 0 Å². The van der Waals surface area contributed by atoms with Crippen LogP contribution in [0.25, 0.3) is 0 Å². The van der Waals surface area contributed by atoms with E-state index in [1.807, 2.05) is 26.8 Å². The zero-order valence-corrected chi connectivity index (χ0v) is 10.5. The molecule has 2 rings (SSSR count). The average Bonchev–Trinajstić information content (AvgIpc) is 2.35. The minimum Gasteiger partial charge on any atom is -0.314 e. The molecule has 0 amide bonds. The van der Waals surface area contributed by atoms with Gasteiger partial charge in [-0.1, -0.05) is 11.6 Å². The van der Waals surface area contributed by atoms with Gasteiger partial charge in [-0.15, -0.1) is 0 Å². The minimum absolute atomic E-state index is 0.212. The Kier molecular flexibility index (Phi) is 5.43. The van der Waals surface area contributed by atoms with Crippen molar-refractivity contribution in [3.63, 3.8) is 0 Å². The van der Waals surface area contributed by atoms with Gasteiger partial charge < -0.3 is 10.6 Å². The third-order valence-corrected chi connectivity index (χ3v) is 3.01. The molecule has 1 aliphatic heterocycles. The highest BCUT2D eigenvalue weighted by molar-refractivity contribution is 6.08. The van der Waals surface area contributed by atoms with Gasteiger partial charge in [-0.25, -0.2) is 0 Å². The van der Waals surface area contributed by atoms with Crippen LogP contribution < -0.4 is 10.6 Å². The number of nitrogens with one attached hydrogen (secondary N) is 2. The van der Waals surface area contributed by atoms with Gasteiger partial charge in [-0.05, 0) is 38.3 Å². The zero-order chi connectivity index (χ0) is 12.0. The number of Topliss-reactive ketones (excluding diaryl/α,β-unsaturated/α-hetero) is 1. The van der Waals surface area contributed by atoms with Crippen molar-refractivity contribution in [3.05, 3.63) is 22.8 Å². The summed E-state index contributed by atoms with van der Waals surface area (Å²) in [4.78, 5) is 11.2. The summed E-state index contributed by atoms with van der Waals surface area (Å²) in [5.74, 6) is 0.212. The molecule has 0 unspecified atom stereocenters. The molecule has 0 atom stereocenters. The Morgan fingerprint density at radius 2 is 1.50 bits per heavy atom. The maximum atomic E-state index is 11.2. The molecule has 2 N–H and O–H groups in total. The predicted octanol–water partition coefficient (Wildman–Crippen LogP) is 1.42. The Morgan fingerprint density at radius 3 is 1.88 bits per heavy atom. The Hall–Kier alpha value is -0.930. The molecule has 0 spiro atoms. The molecule has 0 aromatic carbocycles. The van der Waals surface area contributed by atoms with Crippen LogP contribution in [0.15, 0.2) is 22.8 Å². The fourth-order valence-corrected chi connectivity index (χ4v) is 1.65. The molecular weight excluding hydrogens is 200 g/mol. The summed E-state index contributed by atoms with van der Waals surface area (Å²) in [5, 5.41) is 6.44. The van der Waals surface area contributed by atoms with E-state index in [9.17, 15) is 4.79 Å². The summed E-state index contributed by atoms with van der Waals surface area (Å²) in [5.41, 5.74) is 3.03. The Labute approximate surface area is 98.0 Å². The first-order valence-corrected chi connectivity index (χ1v) is 5.92. The number of rotatable bonds is 0. The smallest absolute Gasteiger partial charge is 0.184 e. The molecule has 3 heteroatoms. The summed E-state index contributed by atoms with van der Waals surface area (Å²) in [6.45, 7) is 10.3. The van der Waals surface area contributed by atoms with E-state index in [0.29, 0.717) is 0 Å². The quantitative estimate of drug-likeness (QED) is 0.651. The molecule has 1 saturated heterocycles. The van der Waals surface area contributed by atoms with Crippen LogP contribution in [0, 0.1) is 0 Å². The minimum atomic E-state index is 0.212. The Morgan fingerprint density at radius 1 is 1.00 bits per heavy atom. The van der Waals surface area contributed by atoms with Crippen molar-refractivity contribution in [2.24, 2.45) is 0 Å². The zero-order valence-electron chi connectivity index (χ0n) is 10.5. The van der Waals surface area contributed by atoms with Crippen LogP contribution in [0.5, 0.6) is 0 Å². The second-order valence-electron chi connectivity index (χ2n) is 4.33. The molecule has 0 saturated carbocycles. The molecule has 3 nitrogen and oxygen atoms in total. The second-order valence-corrected chi connectivity index (χ2v) is 4.33. The molecule has 0 aromatic rings. The van der Waals surface area contributed by atoms with E-state index in [1.54, 1.807) is 0 Å². The number of allylic oxidation sites excluding steroid dienone is 4. The van der Waals surface area contributed by atoms with Crippen molar-refractivity contribution in [3.8, 4) is 0 Å². The van der Waals surface area contributed by atoms with Gasteiger partial charge in [0.2, 0.25) is 0 Å². The molecule has 1 aliphatic carbocycles. The van der Waals surface area contributed by atoms with Crippen LogP contribution in [-0.4, -0.2) is 32.0 Å². The average molecular weight is 222 g/mol. The lowest BCUT2D eigenvalue weighted by atomic mass is 9.93. The summed E-state index contributed by atoms with van der Waals surface area (Å²) >= 11 is 0. The highest BCUT2D eigenvalue weighted by atomic mass is 16.1. The van der Waals surface area contributed by atoms with Crippen LogP contribution in [0.2, 0.25) is 0 Å². The molecule has 0 aromatic heterocycles. The van der Waals surface area contributed by atoms with Crippen molar-refractivity contribution in [1.82, 2.24) is 10.6 Å². The topological polar surface area (TPSA) is 41.1 Å². The first kappa shape index (κ1) is 13.1. The van der Waals surface area contributed by atoms with Crippen LogP contribution >= 0.6 is 0 Å². The lowest BCUT2D eigenvalue weighted by Gasteiger charge is -2.11. The maximum Gasteiger partial charge on any atom is 0.184 e. The van der Waals surface area contributed by atoms with Gasteiger partial charge in [0.1, 0.15) is 0 Å². The summed E-state index contributed by atoms with van der Waals surface area (Å²) in [6.07, 6.45) is 2.94. The summed E-state index contributed by atoms with van der Waals surface area (Å²) in [6, 6.07) is 0. The number of piperazine rings is 1. The normalized spacial score (nSPS) is 21.2. The van der Waals surface area contributed by atoms with E-state index in [1.165, 1.54) is 5.57 Å². The number of ketones is 1. The molecule has 2 aliphatic rings. The van der Waals surface area contributed by atoms with Crippen molar-refractivity contribution in [2.75, 3.05) is 26.2 Å². The number of carbonyl (C=O) groups excluding carboxylic acids is 1. The molecule has 0 bridgehead atoms. The highest BCUT2D eigenvalue weighted by Gasteiger charge is 2.13. The Balaban J connectivity index is 0.000000181. The van der Waals surface area contributed by atoms with E-state index >= 15 is 0 Å². The van der Waals surface area contributed by atoms with Gasteiger partial charge in [0.05, 0.1) is 0 Å². The molecule has 90 valence electrons. The number of carbonyl (C=O) groups is 1. The van der Waals surface area contributed by atoms with E-state index in [0.717, 1.165) is 43.7 Å². The van der Waals surface area contributed by atoms with Crippen LogP contribution in [0.4, 0.5) is 0 Å². The standard InChI is InChI=1S/C9H12O.C4H10N2/c1-6-4-5-7(2)9(10)8(6)3;1-2-6-4-3-5-1/h5H,4H2,1-3H3;5-6H,1-4H2. The number of hydrogen-bond acceptors (Lipinski definition) is 3. The molecular formula is C13H22N2O. The van der Waals surface area contributed by atoms with Crippen molar-refractivity contribution < 1.29 is 4.79 Å². The van der Waals surface area contributed by atoms with Gasteiger partial charge in [0.15, 0.2) is 5.78 Å². The SMILES string of the molecule is C1CNCCN1.CC1=CCC(C)=C(C)C1=O. The van der Waals surface area contributed by atoms with Gasteiger partial charge in [0.25, 0.3) is 0 Å².